The van der Waals surface area contributed by atoms with Gasteiger partial charge in [-0.15, -0.1) is 0 Å². The Morgan fingerprint density at radius 1 is 1.29 bits per heavy atom. The van der Waals surface area contributed by atoms with Gasteiger partial charge in [0.25, 0.3) is 0 Å². The minimum Gasteiger partial charge on any atom is -0.381 e. The van der Waals surface area contributed by atoms with Crippen LogP contribution in [0.5, 0.6) is 0 Å². The summed E-state index contributed by atoms with van der Waals surface area (Å²) < 4.78 is 5.48. The Morgan fingerprint density at radius 2 is 2.00 bits per heavy atom. The molecule has 1 saturated carbocycles. The van der Waals surface area contributed by atoms with E-state index in [4.69, 9.17) is 10.5 Å². The summed E-state index contributed by atoms with van der Waals surface area (Å²) in [4.78, 5) is 2.69. The fourth-order valence-electron chi connectivity index (χ4n) is 3.63. The number of rotatable bonds is 3. The number of ether oxygens (including phenoxy) is 1. The van der Waals surface area contributed by atoms with Crippen molar-refractivity contribution in [2.75, 3.05) is 26.7 Å². The summed E-state index contributed by atoms with van der Waals surface area (Å²) in [6.45, 7) is 5.68. The van der Waals surface area contributed by atoms with Crippen LogP contribution in [0, 0.1) is 5.92 Å². The monoisotopic (exact) mass is 240 g/mol. The molecule has 2 rings (SSSR count). The van der Waals surface area contributed by atoms with Crippen molar-refractivity contribution in [2.45, 2.75) is 57.1 Å². The zero-order chi connectivity index (χ0) is 12.3. The van der Waals surface area contributed by atoms with Crippen molar-refractivity contribution >= 4 is 0 Å². The van der Waals surface area contributed by atoms with Crippen LogP contribution in [0.3, 0.4) is 0 Å². The third-order valence-corrected chi connectivity index (χ3v) is 4.90. The van der Waals surface area contributed by atoms with Gasteiger partial charge in [0.1, 0.15) is 0 Å². The van der Waals surface area contributed by atoms with Gasteiger partial charge in [-0.25, -0.2) is 0 Å². The molecule has 2 N–H and O–H groups in total. The Morgan fingerprint density at radius 3 is 2.53 bits per heavy atom. The quantitative estimate of drug-likeness (QED) is 0.820. The summed E-state index contributed by atoms with van der Waals surface area (Å²) in [5, 5.41) is 0. The molecule has 2 aliphatic rings. The van der Waals surface area contributed by atoms with Gasteiger partial charge in [-0.3, -0.25) is 4.90 Å². The second-order valence-corrected chi connectivity index (χ2v) is 6.06. The number of methoxy groups -OCH3 is 1. The molecule has 1 unspecified atom stereocenters. The minimum atomic E-state index is 0.281. The first-order valence-corrected chi connectivity index (χ1v) is 7.18. The van der Waals surface area contributed by atoms with E-state index in [0.717, 1.165) is 12.5 Å². The summed E-state index contributed by atoms with van der Waals surface area (Å²) in [7, 11) is 1.84. The van der Waals surface area contributed by atoms with E-state index in [1.165, 1.54) is 51.6 Å². The van der Waals surface area contributed by atoms with E-state index in [9.17, 15) is 0 Å². The second-order valence-electron chi connectivity index (χ2n) is 6.06. The van der Waals surface area contributed by atoms with Crippen LogP contribution in [0.15, 0.2) is 0 Å². The molecule has 3 nitrogen and oxygen atoms in total. The molecule has 0 bridgehead atoms. The van der Waals surface area contributed by atoms with Crippen LogP contribution < -0.4 is 5.73 Å². The molecular weight excluding hydrogens is 212 g/mol. The van der Waals surface area contributed by atoms with Crippen molar-refractivity contribution in [3.8, 4) is 0 Å². The van der Waals surface area contributed by atoms with E-state index in [0.29, 0.717) is 6.10 Å². The first-order chi connectivity index (χ1) is 8.20. The van der Waals surface area contributed by atoms with Crippen molar-refractivity contribution in [3.05, 3.63) is 0 Å². The number of hydrogen-bond acceptors (Lipinski definition) is 3. The summed E-state index contributed by atoms with van der Waals surface area (Å²) in [6.07, 6.45) is 7.99. The fraction of sp³-hybridized carbons (Fsp3) is 1.00. The molecular formula is C14H28N2O. The average Bonchev–Trinajstić information content (AvgIpc) is 2.39. The number of likely N-dealkylation sites (tertiary alicyclic amines) is 1. The lowest BCUT2D eigenvalue weighted by molar-refractivity contribution is -0.0221. The molecule has 17 heavy (non-hydrogen) atoms. The highest BCUT2D eigenvalue weighted by Gasteiger charge is 2.40. The zero-order valence-corrected chi connectivity index (χ0v) is 11.5. The van der Waals surface area contributed by atoms with Crippen molar-refractivity contribution in [2.24, 2.45) is 11.7 Å². The Bertz CT molecular complexity index is 236. The van der Waals surface area contributed by atoms with E-state index in [1.54, 1.807) is 0 Å². The van der Waals surface area contributed by atoms with Crippen molar-refractivity contribution in [3.63, 3.8) is 0 Å². The normalized spacial score (nSPS) is 40.4. The minimum absolute atomic E-state index is 0.281. The van der Waals surface area contributed by atoms with Crippen LogP contribution in [0.2, 0.25) is 0 Å². The maximum Gasteiger partial charge on any atom is 0.0572 e. The summed E-state index contributed by atoms with van der Waals surface area (Å²) in [5.74, 6) is 0.840. The Balaban J connectivity index is 1.99. The van der Waals surface area contributed by atoms with Gasteiger partial charge in [0, 0.05) is 25.7 Å². The van der Waals surface area contributed by atoms with E-state index < -0.39 is 0 Å². The highest BCUT2D eigenvalue weighted by Crippen LogP contribution is 2.36. The smallest absolute Gasteiger partial charge is 0.0572 e. The third kappa shape index (κ3) is 2.83. The zero-order valence-electron chi connectivity index (χ0n) is 11.5. The molecule has 1 aliphatic heterocycles. The molecule has 1 saturated heterocycles. The lowest BCUT2D eigenvalue weighted by Gasteiger charge is -2.50. The van der Waals surface area contributed by atoms with Crippen LogP contribution in [0.1, 0.15) is 45.4 Å². The highest BCUT2D eigenvalue weighted by molar-refractivity contribution is 4.97. The standard InChI is InChI=1S/C14H28N2O/c1-12-4-3-9-16(10-12)14(11-15)7-5-13(17-2)6-8-14/h12-13H,3-11,15H2,1-2H3. The van der Waals surface area contributed by atoms with E-state index in [1.807, 2.05) is 7.11 Å². The molecule has 0 aromatic carbocycles. The Kier molecular flexibility index (Phi) is 4.45. The topological polar surface area (TPSA) is 38.5 Å². The summed E-state index contributed by atoms with van der Waals surface area (Å²) >= 11 is 0. The van der Waals surface area contributed by atoms with Crippen molar-refractivity contribution in [1.82, 2.24) is 4.90 Å². The van der Waals surface area contributed by atoms with Gasteiger partial charge < -0.3 is 10.5 Å². The molecule has 0 radical (unpaired) electrons. The van der Waals surface area contributed by atoms with Crippen LogP contribution in [-0.2, 0) is 4.74 Å². The second kappa shape index (κ2) is 5.68. The predicted molar refractivity (Wildman–Crippen MR) is 71.0 cm³/mol. The molecule has 0 spiro atoms. The van der Waals surface area contributed by atoms with Gasteiger partial charge in [0.05, 0.1) is 6.10 Å². The maximum atomic E-state index is 6.12. The van der Waals surface area contributed by atoms with Crippen molar-refractivity contribution in [1.29, 1.82) is 0 Å². The van der Waals surface area contributed by atoms with E-state index in [-0.39, 0.29) is 5.54 Å². The Hall–Kier alpha value is -0.120. The Labute approximate surface area is 106 Å². The summed E-state index contributed by atoms with van der Waals surface area (Å²) in [5.41, 5.74) is 6.40. The first-order valence-electron chi connectivity index (χ1n) is 7.18. The van der Waals surface area contributed by atoms with E-state index >= 15 is 0 Å². The molecule has 0 aromatic heterocycles. The average molecular weight is 240 g/mol. The van der Waals surface area contributed by atoms with Crippen molar-refractivity contribution < 1.29 is 4.74 Å². The maximum absolute atomic E-state index is 6.12. The van der Waals surface area contributed by atoms with Gasteiger partial charge in [-0.1, -0.05) is 6.92 Å². The van der Waals surface area contributed by atoms with Crippen LogP contribution in [-0.4, -0.2) is 43.3 Å². The van der Waals surface area contributed by atoms with Gasteiger partial charge in [0.2, 0.25) is 0 Å². The third-order valence-electron chi connectivity index (χ3n) is 4.90. The first kappa shape index (κ1) is 13.3. The molecule has 2 fully saturated rings. The number of nitrogens with zero attached hydrogens (tertiary/aromatic N) is 1. The summed E-state index contributed by atoms with van der Waals surface area (Å²) in [6, 6.07) is 0. The molecule has 0 amide bonds. The molecule has 3 heteroatoms. The molecule has 1 heterocycles. The molecule has 0 aromatic rings. The molecule has 100 valence electrons. The van der Waals surface area contributed by atoms with Crippen LogP contribution >= 0.6 is 0 Å². The molecule has 1 aliphatic carbocycles. The largest absolute Gasteiger partial charge is 0.381 e. The van der Waals surface area contributed by atoms with Gasteiger partial charge >= 0.3 is 0 Å². The number of piperidine rings is 1. The van der Waals surface area contributed by atoms with Crippen LogP contribution in [0.4, 0.5) is 0 Å². The SMILES string of the molecule is COC1CCC(CN)(N2CCCC(C)C2)CC1. The lowest BCUT2D eigenvalue weighted by atomic mass is 9.77. The van der Waals surface area contributed by atoms with Gasteiger partial charge in [0.15, 0.2) is 0 Å². The van der Waals surface area contributed by atoms with Gasteiger partial charge in [-0.05, 0) is 51.0 Å². The predicted octanol–water partition coefficient (Wildman–Crippen LogP) is 2.00. The van der Waals surface area contributed by atoms with Gasteiger partial charge in [-0.2, -0.15) is 0 Å². The fourth-order valence-corrected chi connectivity index (χ4v) is 3.63. The lowest BCUT2D eigenvalue weighted by Crippen LogP contribution is -2.58. The molecule has 1 atom stereocenters. The van der Waals surface area contributed by atoms with Crippen LogP contribution in [0.25, 0.3) is 0 Å². The number of hydrogen-bond donors (Lipinski definition) is 1. The number of nitrogens with two attached hydrogens (primary N) is 1. The van der Waals surface area contributed by atoms with E-state index in [2.05, 4.69) is 11.8 Å². The highest BCUT2D eigenvalue weighted by atomic mass is 16.5.